The Bertz CT molecular complexity index is 1220. The van der Waals surface area contributed by atoms with Crippen molar-refractivity contribution in [3.8, 4) is 0 Å². The van der Waals surface area contributed by atoms with Gasteiger partial charge < -0.3 is 9.73 Å². The van der Waals surface area contributed by atoms with Crippen molar-refractivity contribution in [1.29, 1.82) is 0 Å². The van der Waals surface area contributed by atoms with Crippen LogP contribution < -0.4 is 5.32 Å². The average molecular weight is 454 g/mol. The molecule has 4 aromatic rings. The second-order valence-electron chi connectivity index (χ2n) is 8.72. The fourth-order valence-corrected chi connectivity index (χ4v) is 3.99. The van der Waals surface area contributed by atoms with Gasteiger partial charge in [0.25, 0.3) is 5.91 Å². The molecule has 0 aliphatic heterocycles. The molecule has 0 aliphatic rings. The molecule has 1 aromatic heterocycles. The average Bonchev–Trinajstić information content (AvgIpc) is 3.34. The highest BCUT2D eigenvalue weighted by molar-refractivity contribution is 5.91. The third-order valence-electron chi connectivity index (χ3n) is 6.13. The minimum atomic E-state index is -0.240. The first-order chi connectivity index (χ1) is 16.5. The van der Waals surface area contributed by atoms with Crippen LogP contribution in [0.25, 0.3) is 0 Å². The molecule has 1 amide bonds. The molecule has 0 radical (unpaired) electrons. The van der Waals surface area contributed by atoms with Crippen LogP contribution in [0.3, 0.4) is 0 Å². The summed E-state index contributed by atoms with van der Waals surface area (Å²) >= 11 is 0. The van der Waals surface area contributed by atoms with Crippen molar-refractivity contribution in [1.82, 2.24) is 15.2 Å². The Morgan fingerprint density at radius 3 is 2.41 bits per heavy atom. The molecule has 0 bridgehead atoms. The van der Waals surface area contributed by atoms with Crippen LogP contribution in [0, 0.1) is 13.8 Å². The smallest absolute Gasteiger partial charge is 0.273 e. The molecule has 5 heteroatoms. The van der Waals surface area contributed by atoms with Gasteiger partial charge in [0.2, 0.25) is 5.89 Å². The topological polar surface area (TPSA) is 58.4 Å². The molecule has 0 spiro atoms. The van der Waals surface area contributed by atoms with Gasteiger partial charge in [0.15, 0.2) is 5.69 Å². The van der Waals surface area contributed by atoms with Gasteiger partial charge in [0.1, 0.15) is 6.26 Å². The molecule has 0 saturated heterocycles. The second-order valence-corrected chi connectivity index (χ2v) is 8.72. The van der Waals surface area contributed by atoms with Gasteiger partial charge in [0, 0.05) is 19.1 Å². The highest BCUT2D eigenvalue weighted by Gasteiger charge is 2.21. The van der Waals surface area contributed by atoms with E-state index in [2.05, 4.69) is 78.4 Å². The van der Waals surface area contributed by atoms with Crippen LogP contribution in [0.2, 0.25) is 0 Å². The Morgan fingerprint density at radius 1 is 0.971 bits per heavy atom. The third kappa shape index (κ3) is 6.00. The maximum atomic E-state index is 12.6. The number of nitrogens with one attached hydrogen (secondary N) is 1. The Kier molecular flexibility index (Phi) is 7.55. The highest BCUT2D eigenvalue weighted by Crippen LogP contribution is 2.26. The quantitative estimate of drug-likeness (QED) is 0.338. The van der Waals surface area contributed by atoms with Crippen molar-refractivity contribution in [3.63, 3.8) is 0 Å². The van der Waals surface area contributed by atoms with Gasteiger partial charge in [-0.1, -0.05) is 84.4 Å². The van der Waals surface area contributed by atoms with E-state index in [1.54, 1.807) is 0 Å². The summed E-state index contributed by atoms with van der Waals surface area (Å²) < 4.78 is 5.73. The van der Waals surface area contributed by atoms with Crippen molar-refractivity contribution in [2.45, 2.75) is 46.4 Å². The maximum absolute atomic E-state index is 12.6. The zero-order valence-electron chi connectivity index (χ0n) is 20.0. The van der Waals surface area contributed by atoms with Crippen LogP contribution in [-0.4, -0.2) is 15.8 Å². The summed E-state index contributed by atoms with van der Waals surface area (Å²) in [5.41, 5.74) is 6.32. The number of nitrogens with zero attached hydrogens (tertiary/aromatic N) is 2. The summed E-state index contributed by atoms with van der Waals surface area (Å²) in [6.07, 6.45) is 1.44. The molecule has 0 unspecified atom stereocenters. The molecule has 3 aromatic carbocycles. The Labute approximate surface area is 201 Å². The third-order valence-corrected chi connectivity index (χ3v) is 6.13. The Morgan fingerprint density at radius 2 is 1.68 bits per heavy atom. The van der Waals surface area contributed by atoms with E-state index in [1.165, 1.54) is 28.5 Å². The fourth-order valence-electron chi connectivity index (χ4n) is 3.99. The second kappa shape index (κ2) is 10.9. The molecule has 0 saturated carbocycles. The Hall–Kier alpha value is -3.70. The highest BCUT2D eigenvalue weighted by atomic mass is 16.3. The van der Waals surface area contributed by atoms with Gasteiger partial charge in [-0.25, -0.2) is 4.98 Å². The van der Waals surface area contributed by atoms with Crippen LogP contribution >= 0.6 is 0 Å². The normalized spacial score (nSPS) is 12.0. The van der Waals surface area contributed by atoms with Crippen LogP contribution in [-0.2, 0) is 19.6 Å². The largest absolute Gasteiger partial charge is 0.447 e. The first-order valence-corrected chi connectivity index (χ1v) is 11.6. The van der Waals surface area contributed by atoms with Crippen LogP contribution in [0.15, 0.2) is 89.5 Å². The van der Waals surface area contributed by atoms with E-state index in [0.29, 0.717) is 24.7 Å². The molecule has 4 rings (SSSR count). The number of rotatable bonds is 9. The number of carbonyl (C=O) groups is 1. The van der Waals surface area contributed by atoms with Gasteiger partial charge in [-0.3, -0.25) is 9.69 Å². The minimum absolute atomic E-state index is 0.142. The van der Waals surface area contributed by atoms with Gasteiger partial charge in [-0.05, 0) is 43.0 Å². The number of hydrogen-bond acceptors (Lipinski definition) is 4. The first-order valence-electron chi connectivity index (χ1n) is 11.6. The lowest BCUT2D eigenvalue weighted by molar-refractivity contribution is 0.0945. The van der Waals surface area contributed by atoms with Crippen molar-refractivity contribution >= 4 is 5.91 Å². The van der Waals surface area contributed by atoms with Crippen molar-refractivity contribution in [2.75, 3.05) is 0 Å². The molecular formula is C29H31N3O2. The number of carbonyl (C=O) groups excluding carboxylic acids is 1. The van der Waals surface area contributed by atoms with E-state index in [4.69, 9.17) is 4.42 Å². The summed E-state index contributed by atoms with van der Waals surface area (Å²) in [4.78, 5) is 19.4. The van der Waals surface area contributed by atoms with Crippen molar-refractivity contribution < 1.29 is 9.21 Å². The van der Waals surface area contributed by atoms with Gasteiger partial charge in [-0.15, -0.1) is 0 Å². The van der Waals surface area contributed by atoms with E-state index in [9.17, 15) is 4.79 Å². The predicted octanol–water partition coefficient (Wildman–Crippen LogP) is 5.98. The zero-order valence-corrected chi connectivity index (χ0v) is 20.0. The number of amides is 1. The molecule has 34 heavy (non-hydrogen) atoms. The first kappa shape index (κ1) is 23.5. The predicted molar refractivity (Wildman–Crippen MR) is 134 cm³/mol. The van der Waals surface area contributed by atoms with Gasteiger partial charge in [0.05, 0.1) is 6.54 Å². The SMILES string of the molecule is Cc1ccc(C)c(CN(Cc2nc(C(=O)NCc3ccccc3)co2)[C@@H](C)c2ccccc2)c1. The van der Waals surface area contributed by atoms with Crippen LogP contribution in [0.4, 0.5) is 0 Å². The summed E-state index contributed by atoms with van der Waals surface area (Å²) in [5.74, 6) is 0.286. The summed E-state index contributed by atoms with van der Waals surface area (Å²) in [7, 11) is 0. The van der Waals surface area contributed by atoms with E-state index < -0.39 is 0 Å². The van der Waals surface area contributed by atoms with E-state index in [0.717, 1.165) is 12.1 Å². The lowest BCUT2D eigenvalue weighted by Gasteiger charge is -2.29. The van der Waals surface area contributed by atoms with Gasteiger partial charge >= 0.3 is 0 Å². The summed E-state index contributed by atoms with van der Waals surface area (Å²) in [5, 5.41) is 2.91. The lowest BCUT2D eigenvalue weighted by atomic mass is 10.0. The van der Waals surface area contributed by atoms with E-state index in [1.807, 2.05) is 36.4 Å². The molecule has 0 aliphatic carbocycles. The molecule has 1 atom stereocenters. The monoisotopic (exact) mass is 453 g/mol. The molecule has 1 heterocycles. The van der Waals surface area contributed by atoms with Crippen molar-refractivity contribution in [3.05, 3.63) is 125 Å². The molecular weight excluding hydrogens is 422 g/mol. The number of aromatic nitrogens is 1. The zero-order chi connectivity index (χ0) is 23.9. The van der Waals surface area contributed by atoms with Gasteiger partial charge in [-0.2, -0.15) is 0 Å². The minimum Gasteiger partial charge on any atom is -0.447 e. The molecule has 0 fully saturated rings. The standard InChI is InChI=1S/C29H31N3O2/c1-21-14-15-22(2)26(16-21)18-32(23(3)25-12-8-5-9-13-25)19-28-31-27(20-34-28)29(33)30-17-24-10-6-4-7-11-24/h4-16,20,23H,17-19H2,1-3H3,(H,30,33)/t23-/m0/s1. The van der Waals surface area contributed by atoms with Crippen LogP contribution in [0.1, 0.15) is 57.2 Å². The van der Waals surface area contributed by atoms with E-state index in [-0.39, 0.29) is 11.9 Å². The molecule has 1 N–H and O–H groups in total. The fraction of sp³-hybridized carbons (Fsp3) is 0.241. The lowest BCUT2D eigenvalue weighted by Crippen LogP contribution is -2.27. The molecule has 5 nitrogen and oxygen atoms in total. The van der Waals surface area contributed by atoms with E-state index >= 15 is 0 Å². The van der Waals surface area contributed by atoms with Crippen molar-refractivity contribution in [2.24, 2.45) is 0 Å². The number of hydrogen-bond donors (Lipinski definition) is 1. The number of aryl methyl sites for hydroxylation is 2. The van der Waals surface area contributed by atoms with Crippen LogP contribution in [0.5, 0.6) is 0 Å². The Balaban J connectivity index is 1.50. The maximum Gasteiger partial charge on any atom is 0.273 e. The molecule has 174 valence electrons. The number of oxazole rings is 1. The summed E-state index contributed by atoms with van der Waals surface area (Å²) in [6, 6.07) is 26.9. The number of benzene rings is 3. The summed E-state index contributed by atoms with van der Waals surface area (Å²) in [6.45, 7) is 8.14.